The molecule has 2 fully saturated rings. The maximum absolute atomic E-state index is 12.9. The highest BCUT2D eigenvalue weighted by molar-refractivity contribution is 6.33. The van der Waals surface area contributed by atoms with Crippen molar-refractivity contribution < 1.29 is 4.79 Å². The number of likely N-dealkylation sites (tertiary alicyclic amines) is 1. The van der Waals surface area contributed by atoms with Gasteiger partial charge in [-0.25, -0.2) is 9.97 Å². The zero-order valence-electron chi connectivity index (χ0n) is 16.7. The number of carbonyl (C=O) groups excluding carboxylic acids is 1. The highest BCUT2D eigenvalue weighted by atomic mass is 35.5. The number of rotatable bonds is 4. The van der Waals surface area contributed by atoms with E-state index in [0.29, 0.717) is 35.5 Å². The number of aromatic nitrogens is 3. The molecule has 1 saturated carbocycles. The van der Waals surface area contributed by atoms with Gasteiger partial charge in [0, 0.05) is 49.1 Å². The second kappa shape index (κ2) is 8.15. The van der Waals surface area contributed by atoms with Crippen molar-refractivity contribution in [3.63, 3.8) is 0 Å². The average molecular weight is 419 g/mol. The monoisotopic (exact) mass is 418 g/mol. The van der Waals surface area contributed by atoms with Crippen LogP contribution in [0.4, 0.5) is 0 Å². The number of nitrogens with zero attached hydrogens (tertiary/aromatic N) is 4. The Bertz CT molecular complexity index is 1060. The van der Waals surface area contributed by atoms with Gasteiger partial charge in [-0.05, 0) is 55.5 Å². The summed E-state index contributed by atoms with van der Waals surface area (Å²) >= 11 is 6.23. The second-order valence-electron chi connectivity index (χ2n) is 8.08. The van der Waals surface area contributed by atoms with Crippen LogP contribution < -0.4 is 0 Å². The maximum Gasteiger partial charge on any atom is 0.255 e. The molecule has 1 aromatic carbocycles. The fourth-order valence-corrected chi connectivity index (χ4v) is 4.39. The van der Waals surface area contributed by atoms with Crippen LogP contribution in [0, 0.1) is 0 Å². The number of benzene rings is 1. The van der Waals surface area contributed by atoms with Crippen molar-refractivity contribution in [1.82, 2.24) is 19.9 Å². The van der Waals surface area contributed by atoms with Crippen molar-refractivity contribution in [3.8, 4) is 11.1 Å². The first-order valence-corrected chi connectivity index (χ1v) is 10.9. The lowest BCUT2D eigenvalue weighted by atomic mass is 9.88. The summed E-state index contributed by atoms with van der Waals surface area (Å²) in [6, 6.07) is 11.3. The molecule has 3 heterocycles. The van der Waals surface area contributed by atoms with E-state index in [2.05, 4.69) is 9.97 Å². The van der Waals surface area contributed by atoms with Gasteiger partial charge in [0.05, 0.1) is 16.3 Å². The Labute approximate surface area is 181 Å². The van der Waals surface area contributed by atoms with E-state index in [9.17, 15) is 4.79 Å². The predicted molar refractivity (Wildman–Crippen MR) is 117 cm³/mol. The lowest BCUT2D eigenvalue weighted by Gasteiger charge is -2.32. The van der Waals surface area contributed by atoms with Gasteiger partial charge in [-0.1, -0.05) is 23.7 Å². The molecule has 2 aliphatic rings. The van der Waals surface area contributed by atoms with E-state index in [4.69, 9.17) is 16.6 Å². The lowest BCUT2D eigenvalue weighted by Crippen LogP contribution is -2.38. The fourth-order valence-electron chi connectivity index (χ4n) is 4.17. The molecule has 5 rings (SSSR count). The Morgan fingerprint density at radius 2 is 1.70 bits per heavy atom. The number of halogens is 1. The molecule has 1 aliphatic heterocycles. The number of carbonyl (C=O) groups is 1. The van der Waals surface area contributed by atoms with Crippen LogP contribution in [0.2, 0.25) is 5.02 Å². The van der Waals surface area contributed by atoms with Crippen LogP contribution in [0.5, 0.6) is 0 Å². The Balaban J connectivity index is 1.38. The molecule has 1 saturated heterocycles. The SMILES string of the molecule is O=C(c1ccccc1Cl)N1CCC(c2nc(C3CC3)ncc2-c2ccncc2)CC1. The fraction of sp³-hybridized carbons (Fsp3) is 0.333. The molecule has 2 aromatic heterocycles. The van der Waals surface area contributed by atoms with Crippen molar-refractivity contribution in [2.45, 2.75) is 37.5 Å². The number of piperidine rings is 1. The second-order valence-corrected chi connectivity index (χ2v) is 8.49. The standard InChI is InChI=1S/C24H23ClN4O/c25-21-4-2-1-3-19(21)24(30)29-13-9-17(10-14-29)22-20(16-7-11-26-12-8-16)15-27-23(28-22)18-5-6-18/h1-4,7-8,11-12,15,17-18H,5-6,9-10,13-14H2. The summed E-state index contributed by atoms with van der Waals surface area (Å²) in [6.45, 7) is 1.40. The van der Waals surface area contributed by atoms with E-state index in [1.165, 1.54) is 12.8 Å². The molecule has 3 aromatic rings. The van der Waals surface area contributed by atoms with Gasteiger partial charge in [0.2, 0.25) is 0 Å². The van der Waals surface area contributed by atoms with Gasteiger partial charge in [-0.3, -0.25) is 9.78 Å². The van der Waals surface area contributed by atoms with Crippen LogP contribution in [0.25, 0.3) is 11.1 Å². The molecule has 30 heavy (non-hydrogen) atoms. The maximum atomic E-state index is 12.9. The molecule has 1 amide bonds. The Morgan fingerprint density at radius 1 is 0.967 bits per heavy atom. The zero-order valence-corrected chi connectivity index (χ0v) is 17.4. The molecule has 0 radical (unpaired) electrons. The highest BCUT2D eigenvalue weighted by Gasteiger charge is 2.31. The zero-order chi connectivity index (χ0) is 20.5. The normalized spacial score (nSPS) is 17.2. The third-order valence-corrected chi connectivity index (χ3v) is 6.37. The summed E-state index contributed by atoms with van der Waals surface area (Å²) in [5.41, 5.74) is 3.87. The summed E-state index contributed by atoms with van der Waals surface area (Å²) in [4.78, 5) is 28.6. The van der Waals surface area contributed by atoms with Crippen LogP contribution in [0.15, 0.2) is 55.0 Å². The molecule has 0 bridgehead atoms. The first-order valence-electron chi connectivity index (χ1n) is 10.5. The summed E-state index contributed by atoms with van der Waals surface area (Å²) < 4.78 is 0. The molecular formula is C24H23ClN4O. The lowest BCUT2D eigenvalue weighted by molar-refractivity contribution is 0.0712. The van der Waals surface area contributed by atoms with Crippen molar-refractivity contribution in [2.75, 3.05) is 13.1 Å². The number of pyridine rings is 1. The molecule has 0 unspecified atom stereocenters. The Morgan fingerprint density at radius 3 is 2.40 bits per heavy atom. The van der Waals surface area contributed by atoms with Gasteiger partial charge < -0.3 is 4.90 Å². The molecule has 5 nitrogen and oxygen atoms in total. The van der Waals surface area contributed by atoms with Gasteiger partial charge in [0.25, 0.3) is 5.91 Å². The summed E-state index contributed by atoms with van der Waals surface area (Å²) in [6.07, 6.45) is 9.71. The quantitative estimate of drug-likeness (QED) is 0.592. The van der Waals surface area contributed by atoms with Crippen LogP contribution in [0.3, 0.4) is 0 Å². The largest absolute Gasteiger partial charge is 0.339 e. The third-order valence-electron chi connectivity index (χ3n) is 6.04. The molecule has 1 aliphatic carbocycles. The molecule has 0 N–H and O–H groups in total. The highest BCUT2D eigenvalue weighted by Crippen LogP contribution is 2.40. The predicted octanol–water partition coefficient (Wildman–Crippen LogP) is 5.09. The number of hydrogen-bond acceptors (Lipinski definition) is 4. The topological polar surface area (TPSA) is 59.0 Å². The summed E-state index contributed by atoms with van der Waals surface area (Å²) in [7, 11) is 0. The first-order chi connectivity index (χ1) is 14.7. The minimum absolute atomic E-state index is 0.00904. The molecule has 0 atom stereocenters. The number of amides is 1. The van der Waals surface area contributed by atoms with Gasteiger partial charge in [0.15, 0.2) is 0 Å². The van der Waals surface area contributed by atoms with E-state index in [1.807, 2.05) is 35.4 Å². The van der Waals surface area contributed by atoms with Crippen LogP contribution in [0.1, 0.15) is 59.4 Å². The van der Waals surface area contributed by atoms with Gasteiger partial charge in [-0.15, -0.1) is 0 Å². The van der Waals surface area contributed by atoms with Crippen molar-refractivity contribution in [2.24, 2.45) is 0 Å². The smallest absolute Gasteiger partial charge is 0.255 e. The van der Waals surface area contributed by atoms with Crippen LogP contribution in [-0.2, 0) is 0 Å². The van der Waals surface area contributed by atoms with Gasteiger partial charge in [-0.2, -0.15) is 0 Å². The first kappa shape index (κ1) is 19.2. The number of hydrogen-bond donors (Lipinski definition) is 0. The van der Waals surface area contributed by atoms with E-state index < -0.39 is 0 Å². The van der Waals surface area contributed by atoms with Crippen molar-refractivity contribution in [1.29, 1.82) is 0 Å². The van der Waals surface area contributed by atoms with Crippen LogP contribution in [-0.4, -0.2) is 38.8 Å². The molecular weight excluding hydrogens is 396 g/mol. The van der Waals surface area contributed by atoms with Gasteiger partial charge in [0.1, 0.15) is 5.82 Å². The Kier molecular flexibility index (Phi) is 5.21. The summed E-state index contributed by atoms with van der Waals surface area (Å²) in [5, 5.41) is 0.509. The average Bonchev–Trinajstić information content (AvgIpc) is 3.65. The van der Waals surface area contributed by atoms with Crippen LogP contribution >= 0.6 is 11.6 Å². The summed E-state index contributed by atoms with van der Waals surface area (Å²) in [5.74, 6) is 1.80. The third kappa shape index (κ3) is 3.82. The van der Waals surface area contributed by atoms with E-state index in [0.717, 1.165) is 35.5 Å². The molecule has 152 valence electrons. The molecule has 6 heteroatoms. The van der Waals surface area contributed by atoms with Gasteiger partial charge >= 0.3 is 0 Å². The Hall–Kier alpha value is -2.79. The minimum Gasteiger partial charge on any atom is -0.339 e. The van der Waals surface area contributed by atoms with E-state index in [1.54, 1.807) is 24.5 Å². The van der Waals surface area contributed by atoms with Crippen molar-refractivity contribution in [3.05, 3.63) is 77.1 Å². The molecule has 0 spiro atoms. The van der Waals surface area contributed by atoms with Crippen molar-refractivity contribution >= 4 is 17.5 Å². The minimum atomic E-state index is 0.00904. The van der Waals surface area contributed by atoms with E-state index >= 15 is 0 Å². The van der Waals surface area contributed by atoms with E-state index in [-0.39, 0.29) is 5.91 Å².